The zero-order valence-corrected chi connectivity index (χ0v) is 15.5. The van der Waals surface area contributed by atoms with Gasteiger partial charge in [-0.2, -0.15) is 11.8 Å². The summed E-state index contributed by atoms with van der Waals surface area (Å²) < 4.78 is 0.455. The van der Waals surface area contributed by atoms with Gasteiger partial charge in [0.2, 0.25) is 0 Å². The van der Waals surface area contributed by atoms with Gasteiger partial charge in [-0.3, -0.25) is 4.90 Å². The van der Waals surface area contributed by atoms with Crippen LogP contribution in [0.25, 0.3) is 0 Å². The summed E-state index contributed by atoms with van der Waals surface area (Å²) in [5.41, 5.74) is 1.47. The molecule has 1 saturated heterocycles. The highest BCUT2D eigenvalue weighted by Gasteiger charge is 2.23. The van der Waals surface area contributed by atoms with Gasteiger partial charge in [0.1, 0.15) is 0 Å². The van der Waals surface area contributed by atoms with Crippen LogP contribution in [-0.4, -0.2) is 36.6 Å². The average molecular weight is 308 g/mol. The van der Waals surface area contributed by atoms with Gasteiger partial charge >= 0.3 is 0 Å². The topological polar surface area (TPSA) is 3.24 Å². The fourth-order valence-corrected chi connectivity index (χ4v) is 4.89. The number of thioether (sulfide) groups is 1. The lowest BCUT2D eigenvalue weighted by molar-refractivity contribution is 0.276. The van der Waals surface area contributed by atoms with E-state index in [0.717, 1.165) is 6.54 Å². The lowest BCUT2D eigenvalue weighted by Crippen LogP contribution is -2.37. The molecule has 0 N–H and O–H groups in total. The molecular weight excluding hydrogens is 278 g/mol. The van der Waals surface area contributed by atoms with E-state index in [9.17, 15) is 0 Å². The van der Waals surface area contributed by atoms with Crippen molar-refractivity contribution >= 4 is 25.0 Å². The highest BCUT2D eigenvalue weighted by Crippen LogP contribution is 2.30. The van der Waals surface area contributed by atoms with E-state index in [2.05, 4.69) is 74.4 Å². The highest BCUT2D eigenvalue weighted by atomic mass is 32.2. The lowest BCUT2D eigenvalue weighted by Gasteiger charge is -2.23. The lowest BCUT2D eigenvalue weighted by atomic mass is 10.1. The average Bonchev–Trinajstić information content (AvgIpc) is 2.51. The van der Waals surface area contributed by atoms with Crippen molar-refractivity contribution in [3.05, 3.63) is 29.8 Å². The minimum Gasteiger partial charge on any atom is -0.298 e. The van der Waals surface area contributed by atoms with Gasteiger partial charge in [-0.1, -0.05) is 62.9 Å². The first-order valence-corrected chi connectivity index (χ1v) is 12.2. The largest absolute Gasteiger partial charge is 0.298 e. The molecule has 0 radical (unpaired) electrons. The van der Waals surface area contributed by atoms with E-state index >= 15 is 0 Å². The predicted molar refractivity (Wildman–Crippen MR) is 95.9 cm³/mol. The molecule has 2 rings (SSSR count). The van der Waals surface area contributed by atoms with Crippen molar-refractivity contribution in [3.63, 3.8) is 0 Å². The van der Waals surface area contributed by atoms with Crippen LogP contribution in [0, 0.1) is 0 Å². The Hall–Kier alpha value is -0.253. The van der Waals surface area contributed by atoms with Crippen LogP contribution in [0.1, 0.15) is 25.8 Å². The molecule has 1 aliphatic rings. The summed E-state index contributed by atoms with van der Waals surface area (Å²) in [7, 11) is -1.15. The minimum atomic E-state index is -1.15. The van der Waals surface area contributed by atoms with Gasteiger partial charge < -0.3 is 0 Å². The number of rotatable bonds is 3. The molecule has 20 heavy (non-hydrogen) atoms. The normalized spacial score (nSPS) is 20.6. The molecule has 0 spiro atoms. The molecule has 0 aliphatic carbocycles. The van der Waals surface area contributed by atoms with Crippen molar-refractivity contribution in [1.29, 1.82) is 0 Å². The maximum atomic E-state index is 2.62. The van der Waals surface area contributed by atoms with Gasteiger partial charge in [0.15, 0.2) is 0 Å². The Morgan fingerprint density at radius 3 is 2.35 bits per heavy atom. The maximum absolute atomic E-state index is 2.62. The van der Waals surface area contributed by atoms with Gasteiger partial charge in [-0.25, -0.2) is 0 Å². The van der Waals surface area contributed by atoms with Crippen LogP contribution >= 0.6 is 11.8 Å². The van der Waals surface area contributed by atoms with Crippen molar-refractivity contribution in [2.45, 2.75) is 51.2 Å². The molecule has 0 bridgehead atoms. The van der Waals surface area contributed by atoms with Crippen LogP contribution in [-0.2, 0) is 6.54 Å². The van der Waals surface area contributed by atoms with Gasteiger partial charge in [-0.05, 0) is 18.5 Å². The molecule has 112 valence electrons. The Bertz CT molecular complexity index is 433. The van der Waals surface area contributed by atoms with E-state index in [1.54, 1.807) is 5.19 Å². The highest BCUT2D eigenvalue weighted by molar-refractivity contribution is 8.00. The molecule has 0 amide bonds. The summed E-state index contributed by atoms with van der Waals surface area (Å²) in [6, 6.07) is 9.41. The fraction of sp³-hybridized carbons (Fsp3) is 0.647. The molecule has 1 aliphatic heterocycles. The van der Waals surface area contributed by atoms with E-state index in [0.29, 0.717) is 4.75 Å². The third-order valence-electron chi connectivity index (χ3n) is 4.16. The van der Waals surface area contributed by atoms with Crippen LogP contribution in [0.15, 0.2) is 24.3 Å². The Morgan fingerprint density at radius 1 is 1.10 bits per heavy atom. The SMILES string of the molecule is CC1(C)CCN(Cc2ccc([Si](C)(C)C)cc2)CCS1. The van der Waals surface area contributed by atoms with E-state index in [1.807, 2.05) is 0 Å². The Morgan fingerprint density at radius 2 is 1.75 bits per heavy atom. The molecule has 0 aromatic heterocycles. The number of hydrogen-bond donors (Lipinski definition) is 0. The van der Waals surface area contributed by atoms with Crippen LogP contribution in [0.2, 0.25) is 19.6 Å². The van der Waals surface area contributed by atoms with Crippen molar-refractivity contribution in [1.82, 2.24) is 4.90 Å². The first kappa shape index (κ1) is 16.1. The van der Waals surface area contributed by atoms with E-state index in [4.69, 9.17) is 0 Å². The Balaban J connectivity index is 1.96. The second-order valence-electron chi connectivity index (χ2n) is 7.58. The van der Waals surface area contributed by atoms with Crippen molar-refractivity contribution in [3.8, 4) is 0 Å². The van der Waals surface area contributed by atoms with Crippen LogP contribution in [0.3, 0.4) is 0 Å². The predicted octanol–water partition coefficient (Wildman–Crippen LogP) is 3.95. The third kappa shape index (κ3) is 4.64. The van der Waals surface area contributed by atoms with Crippen LogP contribution < -0.4 is 5.19 Å². The third-order valence-corrected chi connectivity index (χ3v) is 7.59. The standard InChI is InChI=1S/C17H29NSSi/c1-17(2)10-11-18(12-13-19-17)14-15-6-8-16(9-7-15)20(3,4)5/h6-9H,10-14H2,1-5H3. The molecule has 1 nitrogen and oxygen atoms in total. The molecule has 1 fully saturated rings. The summed E-state index contributed by atoms with van der Waals surface area (Å²) in [6.07, 6.45) is 1.30. The van der Waals surface area contributed by atoms with E-state index < -0.39 is 8.07 Å². The summed E-state index contributed by atoms with van der Waals surface area (Å²) in [5.74, 6) is 1.26. The van der Waals surface area contributed by atoms with Gasteiger partial charge in [0.05, 0.1) is 8.07 Å². The summed E-state index contributed by atoms with van der Waals surface area (Å²) in [6.45, 7) is 15.6. The smallest absolute Gasteiger partial charge is 0.0775 e. The van der Waals surface area contributed by atoms with Crippen molar-refractivity contribution in [2.24, 2.45) is 0 Å². The number of benzene rings is 1. The molecule has 3 heteroatoms. The minimum absolute atomic E-state index is 0.455. The summed E-state index contributed by atoms with van der Waals surface area (Å²) in [5, 5.41) is 1.56. The first-order chi connectivity index (χ1) is 9.26. The summed E-state index contributed by atoms with van der Waals surface area (Å²) >= 11 is 2.13. The number of nitrogens with zero attached hydrogens (tertiary/aromatic N) is 1. The first-order valence-electron chi connectivity index (χ1n) is 7.72. The second kappa shape index (κ2) is 6.25. The monoisotopic (exact) mass is 307 g/mol. The molecule has 1 aromatic rings. The van der Waals surface area contributed by atoms with Gasteiger partial charge in [0.25, 0.3) is 0 Å². The zero-order chi connectivity index (χ0) is 14.8. The molecule has 0 unspecified atom stereocenters. The number of hydrogen-bond acceptors (Lipinski definition) is 2. The fourth-order valence-electron chi connectivity index (χ4n) is 2.59. The Kier molecular flexibility index (Phi) is 5.03. The van der Waals surface area contributed by atoms with Crippen molar-refractivity contribution in [2.75, 3.05) is 18.8 Å². The molecule has 1 heterocycles. The van der Waals surface area contributed by atoms with Crippen LogP contribution in [0.4, 0.5) is 0 Å². The van der Waals surface area contributed by atoms with Crippen molar-refractivity contribution < 1.29 is 0 Å². The maximum Gasteiger partial charge on any atom is 0.0775 e. The Labute approximate surface area is 130 Å². The molecular formula is C17H29NSSi. The zero-order valence-electron chi connectivity index (χ0n) is 13.7. The quantitative estimate of drug-likeness (QED) is 0.778. The van der Waals surface area contributed by atoms with E-state index in [-0.39, 0.29) is 0 Å². The van der Waals surface area contributed by atoms with Gasteiger partial charge in [-0.15, -0.1) is 0 Å². The van der Waals surface area contributed by atoms with Crippen LogP contribution in [0.5, 0.6) is 0 Å². The van der Waals surface area contributed by atoms with E-state index in [1.165, 1.54) is 30.8 Å². The molecule has 0 saturated carbocycles. The molecule has 0 atom stereocenters. The summed E-state index contributed by atoms with van der Waals surface area (Å²) in [4.78, 5) is 2.62. The molecule has 1 aromatic carbocycles. The second-order valence-corrected chi connectivity index (χ2v) is 14.5. The van der Waals surface area contributed by atoms with Gasteiger partial charge in [0, 0.05) is 23.6 Å².